The predicted octanol–water partition coefficient (Wildman–Crippen LogP) is 3.40. The molecule has 0 unspecified atom stereocenters. The van der Waals surface area contributed by atoms with Gasteiger partial charge in [-0.2, -0.15) is 0 Å². The van der Waals surface area contributed by atoms with Crippen molar-refractivity contribution in [2.24, 2.45) is 0 Å². The number of hydrogen-bond acceptors (Lipinski definition) is 5. The molecule has 0 bridgehead atoms. The molecule has 0 heterocycles. The molecule has 7 heteroatoms. The third-order valence-electron chi connectivity index (χ3n) is 3.97. The number of benzene rings is 2. The maximum Gasteiger partial charge on any atom is 0.179 e. The molecule has 0 saturated heterocycles. The second kappa shape index (κ2) is 8.75. The van der Waals surface area contributed by atoms with Gasteiger partial charge in [-0.3, -0.25) is 0 Å². The first-order valence-electron chi connectivity index (χ1n) is 8.16. The van der Waals surface area contributed by atoms with Gasteiger partial charge in [-0.05, 0) is 54.8 Å². The molecule has 0 spiro atoms. The number of halogens is 1. The Morgan fingerprint density at radius 2 is 1.73 bits per heavy atom. The maximum absolute atomic E-state index is 11.9. The number of ether oxygens (including phenoxy) is 2. The molecule has 5 nitrogen and oxygen atoms in total. The van der Waals surface area contributed by atoms with Crippen molar-refractivity contribution >= 4 is 21.4 Å². The third kappa shape index (κ3) is 5.37. The van der Waals surface area contributed by atoms with Crippen molar-refractivity contribution in [3.05, 3.63) is 52.0 Å². The van der Waals surface area contributed by atoms with Crippen molar-refractivity contribution < 1.29 is 17.9 Å². The first-order chi connectivity index (χ1) is 12.2. The Hall–Kier alpha value is -1.76. The molecule has 2 aromatic carbocycles. The normalized spacial score (nSPS) is 11.4. The summed E-state index contributed by atoms with van der Waals surface area (Å²) in [4.78, 5) is 0.128. The number of sulfone groups is 1. The zero-order chi connectivity index (χ0) is 19.3. The number of methoxy groups -OCH3 is 2. The molecule has 0 aromatic heterocycles. The van der Waals surface area contributed by atoms with Gasteiger partial charge in [0.1, 0.15) is 16.4 Å². The highest BCUT2D eigenvalue weighted by molar-refractivity contribution is 7.90. The minimum absolute atomic E-state index is 0.128. The lowest BCUT2D eigenvalue weighted by Crippen LogP contribution is -2.17. The van der Waals surface area contributed by atoms with Crippen molar-refractivity contribution in [2.45, 2.75) is 24.8 Å². The van der Waals surface area contributed by atoms with E-state index in [0.717, 1.165) is 28.0 Å². The smallest absolute Gasteiger partial charge is 0.179 e. The van der Waals surface area contributed by atoms with Gasteiger partial charge in [-0.15, -0.1) is 0 Å². The summed E-state index contributed by atoms with van der Waals surface area (Å²) in [6, 6.07) is 9.19. The predicted molar refractivity (Wildman–Crippen MR) is 104 cm³/mol. The Morgan fingerprint density at radius 1 is 1.04 bits per heavy atom. The van der Waals surface area contributed by atoms with Gasteiger partial charge in [0.25, 0.3) is 0 Å². The highest BCUT2D eigenvalue weighted by atomic mass is 35.5. The zero-order valence-electron chi connectivity index (χ0n) is 15.4. The molecule has 0 aliphatic heterocycles. The maximum atomic E-state index is 11.9. The van der Waals surface area contributed by atoms with E-state index in [2.05, 4.69) is 11.4 Å². The molecule has 0 fully saturated rings. The van der Waals surface area contributed by atoms with Gasteiger partial charge < -0.3 is 14.8 Å². The van der Waals surface area contributed by atoms with Crippen molar-refractivity contribution in [1.29, 1.82) is 0 Å². The Morgan fingerprint density at radius 3 is 2.31 bits per heavy atom. The first kappa shape index (κ1) is 20.6. The van der Waals surface area contributed by atoms with E-state index in [0.29, 0.717) is 31.0 Å². The van der Waals surface area contributed by atoms with Gasteiger partial charge in [0.2, 0.25) is 0 Å². The van der Waals surface area contributed by atoms with E-state index in [1.165, 1.54) is 20.3 Å². The lowest BCUT2D eigenvalue weighted by atomic mass is 10.1. The molecular weight excluding hydrogens is 374 g/mol. The molecular formula is C19H24ClNO4S. The summed E-state index contributed by atoms with van der Waals surface area (Å²) in [6.07, 6.45) is 1.82. The highest BCUT2D eigenvalue weighted by Crippen LogP contribution is 2.32. The number of rotatable bonds is 8. The molecule has 142 valence electrons. The minimum atomic E-state index is -3.40. The highest BCUT2D eigenvalue weighted by Gasteiger charge is 2.18. The summed E-state index contributed by atoms with van der Waals surface area (Å²) >= 11 is 6.08. The van der Waals surface area contributed by atoms with E-state index < -0.39 is 9.84 Å². The molecule has 0 aliphatic rings. The standard InChI is InChI=1S/C19H24ClNO4S/c1-13-7-14(9-16(20)8-13)12-21-6-5-15-10-18(25-3)19(26(4,22)23)11-17(15)24-2/h7-11,21H,5-6,12H2,1-4H3. The minimum Gasteiger partial charge on any atom is -0.496 e. The quantitative estimate of drug-likeness (QED) is 0.691. The molecule has 0 amide bonds. The largest absolute Gasteiger partial charge is 0.496 e. The van der Waals surface area contributed by atoms with E-state index in [4.69, 9.17) is 21.1 Å². The van der Waals surface area contributed by atoms with Crippen LogP contribution >= 0.6 is 11.6 Å². The molecule has 2 rings (SSSR count). The summed E-state index contributed by atoms with van der Waals surface area (Å²) in [5, 5.41) is 4.09. The molecule has 0 atom stereocenters. The van der Waals surface area contributed by atoms with Gasteiger partial charge in [-0.25, -0.2) is 8.42 Å². The van der Waals surface area contributed by atoms with Crippen LogP contribution in [0.15, 0.2) is 35.2 Å². The van der Waals surface area contributed by atoms with Crippen LogP contribution in [0.5, 0.6) is 11.5 Å². The molecule has 0 radical (unpaired) electrons. The fourth-order valence-corrected chi connectivity index (χ4v) is 3.93. The fourth-order valence-electron chi connectivity index (χ4n) is 2.79. The zero-order valence-corrected chi connectivity index (χ0v) is 17.0. The Bertz CT molecular complexity index is 861. The molecule has 0 aliphatic carbocycles. The number of aryl methyl sites for hydroxylation is 1. The fraction of sp³-hybridized carbons (Fsp3) is 0.368. The molecule has 0 saturated carbocycles. The lowest BCUT2D eigenvalue weighted by molar-refractivity contribution is 0.388. The average molecular weight is 398 g/mol. The van der Waals surface area contributed by atoms with Gasteiger partial charge in [-0.1, -0.05) is 17.7 Å². The van der Waals surface area contributed by atoms with Gasteiger partial charge in [0.15, 0.2) is 9.84 Å². The van der Waals surface area contributed by atoms with E-state index in [-0.39, 0.29) is 4.90 Å². The Kier molecular flexibility index (Phi) is 6.92. The summed E-state index contributed by atoms with van der Waals surface area (Å²) in [6.45, 7) is 3.40. The summed E-state index contributed by atoms with van der Waals surface area (Å²) < 4.78 is 34.4. The second-order valence-corrected chi connectivity index (χ2v) is 8.57. The van der Waals surface area contributed by atoms with E-state index >= 15 is 0 Å². The van der Waals surface area contributed by atoms with Gasteiger partial charge in [0.05, 0.1) is 14.2 Å². The first-order valence-corrected chi connectivity index (χ1v) is 10.4. The number of hydrogen-bond donors (Lipinski definition) is 1. The van der Waals surface area contributed by atoms with Crippen LogP contribution in [-0.2, 0) is 22.8 Å². The molecule has 2 aromatic rings. The van der Waals surface area contributed by atoms with Crippen LogP contribution in [0, 0.1) is 6.92 Å². The van der Waals surface area contributed by atoms with Crippen molar-refractivity contribution in [3.63, 3.8) is 0 Å². The molecule has 1 N–H and O–H groups in total. The second-order valence-electron chi connectivity index (χ2n) is 6.15. The van der Waals surface area contributed by atoms with Crippen LogP contribution in [0.25, 0.3) is 0 Å². The van der Waals surface area contributed by atoms with Crippen LogP contribution < -0.4 is 14.8 Å². The van der Waals surface area contributed by atoms with Crippen molar-refractivity contribution in [1.82, 2.24) is 5.32 Å². The van der Waals surface area contributed by atoms with Crippen LogP contribution in [0.1, 0.15) is 16.7 Å². The molecule has 26 heavy (non-hydrogen) atoms. The van der Waals surface area contributed by atoms with Gasteiger partial charge >= 0.3 is 0 Å². The average Bonchev–Trinajstić information content (AvgIpc) is 2.56. The Balaban J connectivity index is 2.09. The monoisotopic (exact) mass is 397 g/mol. The topological polar surface area (TPSA) is 64.6 Å². The van der Waals surface area contributed by atoms with Gasteiger partial charge in [0, 0.05) is 23.9 Å². The Labute approximate surface area is 160 Å². The van der Waals surface area contributed by atoms with Crippen molar-refractivity contribution in [3.8, 4) is 11.5 Å². The van der Waals surface area contributed by atoms with Crippen LogP contribution in [0.2, 0.25) is 5.02 Å². The third-order valence-corrected chi connectivity index (χ3v) is 5.30. The van der Waals surface area contributed by atoms with E-state index in [1.807, 2.05) is 19.1 Å². The SMILES string of the molecule is COc1cc(S(C)(=O)=O)c(OC)cc1CCNCc1cc(C)cc(Cl)c1. The van der Waals surface area contributed by atoms with Crippen LogP contribution in [0.3, 0.4) is 0 Å². The number of nitrogens with one attached hydrogen (secondary N) is 1. The van der Waals surface area contributed by atoms with Crippen molar-refractivity contribution in [2.75, 3.05) is 27.0 Å². The summed E-state index contributed by atoms with van der Waals surface area (Å²) in [7, 11) is -0.412. The van der Waals surface area contributed by atoms with E-state index in [9.17, 15) is 8.42 Å². The lowest BCUT2D eigenvalue weighted by Gasteiger charge is -2.14. The summed E-state index contributed by atoms with van der Waals surface area (Å²) in [5.74, 6) is 0.861. The summed E-state index contributed by atoms with van der Waals surface area (Å²) in [5.41, 5.74) is 3.12. The van der Waals surface area contributed by atoms with Crippen LogP contribution in [-0.4, -0.2) is 35.4 Å². The van der Waals surface area contributed by atoms with Crippen LogP contribution in [0.4, 0.5) is 0 Å². The van der Waals surface area contributed by atoms with E-state index in [1.54, 1.807) is 6.07 Å².